The van der Waals surface area contributed by atoms with Crippen molar-refractivity contribution in [3.8, 4) is 0 Å². The van der Waals surface area contributed by atoms with Crippen molar-refractivity contribution in [1.29, 1.82) is 0 Å². The molecule has 1 N–H and O–H groups in total. The lowest BCUT2D eigenvalue weighted by Crippen LogP contribution is -2.35. The fraction of sp³-hybridized carbons (Fsp3) is 0.190. The van der Waals surface area contributed by atoms with Gasteiger partial charge < -0.3 is 10.2 Å². The van der Waals surface area contributed by atoms with Crippen molar-refractivity contribution in [3.63, 3.8) is 0 Å². The number of hydrogen-bond acceptors (Lipinski definition) is 5. The number of pyridine rings is 2. The highest BCUT2D eigenvalue weighted by atomic mass is 32.2. The number of halogens is 3. The van der Waals surface area contributed by atoms with Gasteiger partial charge in [-0.25, -0.2) is 13.2 Å². The average molecular weight is 462 g/mol. The van der Waals surface area contributed by atoms with Gasteiger partial charge in [0.1, 0.15) is 0 Å². The van der Waals surface area contributed by atoms with Gasteiger partial charge in [-0.2, -0.15) is 13.2 Å². The summed E-state index contributed by atoms with van der Waals surface area (Å²) in [6.45, 7) is 1.10. The van der Waals surface area contributed by atoms with E-state index in [9.17, 15) is 26.4 Å². The molecule has 0 aliphatic carbocycles. The summed E-state index contributed by atoms with van der Waals surface area (Å²) in [5.74, 6) is 0. The summed E-state index contributed by atoms with van der Waals surface area (Å²) in [6.07, 6.45) is 0.142. The SMILES string of the molecule is O=C(NCc1ccc(S(=O)(=O)c2cncc(C(F)(F)F)c2)cc1)N1Cc2ccncc2C1. The first kappa shape index (κ1) is 21.8. The molecule has 1 aromatic carbocycles. The van der Waals surface area contributed by atoms with Crippen LogP contribution in [-0.2, 0) is 35.6 Å². The van der Waals surface area contributed by atoms with E-state index in [1.165, 1.54) is 24.3 Å². The zero-order valence-corrected chi connectivity index (χ0v) is 17.3. The van der Waals surface area contributed by atoms with Crippen molar-refractivity contribution >= 4 is 15.9 Å². The third-order valence-electron chi connectivity index (χ3n) is 5.04. The van der Waals surface area contributed by atoms with E-state index in [1.54, 1.807) is 17.3 Å². The molecule has 2 amide bonds. The van der Waals surface area contributed by atoms with Crippen LogP contribution in [0.4, 0.5) is 18.0 Å². The number of carbonyl (C=O) groups is 1. The first-order chi connectivity index (χ1) is 15.1. The lowest BCUT2D eigenvalue weighted by molar-refractivity contribution is -0.138. The Morgan fingerprint density at radius 3 is 2.38 bits per heavy atom. The fourth-order valence-electron chi connectivity index (χ4n) is 3.30. The molecule has 0 unspecified atom stereocenters. The van der Waals surface area contributed by atoms with E-state index in [-0.39, 0.29) is 17.5 Å². The average Bonchev–Trinajstić information content (AvgIpc) is 3.22. The van der Waals surface area contributed by atoms with Crippen molar-refractivity contribution in [2.24, 2.45) is 0 Å². The standard InChI is InChI=1S/C21H17F3N4O3S/c22-21(23,24)17-7-19(11-26-10-17)32(30,31)18-3-1-14(2-4-18)8-27-20(29)28-12-15-5-6-25-9-16(15)13-28/h1-7,9-11H,8,12-13H2,(H,27,29). The second-order valence-corrected chi connectivity index (χ2v) is 9.16. The Hall–Kier alpha value is -3.47. The Morgan fingerprint density at radius 2 is 1.69 bits per heavy atom. The number of fused-ring (bicyclic) bond motifs is 1. The molecule has 0 radical (unpaired) electrons. The Balaban J connectivity index is 1.42. The van der Waals surface area contributed by atoms with Gasteiger partial charge in [0.05, 0.1) is 15.4 Å². The number of alkyl halides is 3. The Labute approximate surface area is 181 Å². The molecule has 0 bridgehead atoms. The monoisotopic (exact) mass is 462 g/mol. The molecule has 32 heavy (non-hydrogen) atoms. The Morgan fingerprint density at radius 1 is 0.969 bits per heavy atom. The zero-order chi connectivity index (χ0) is 22.9. The van der Waals surface area contributed by atoms with E-state index in [1.807, 2.05) is 6.07 Å². The van der Waals surface area contributed by atoms with Crippen molar-refractivity contribution in [1.82, 2.24) is 20.2 Å². The van der Waals surface area contributed by atoms with E-state index in [2.05, 4.69) is 15.3 Å². The third kappa shape index (κ3) is 4.42. The van der Waals surface area contributed by atoms with Gasteiger partial charge in [-0.3, -0.25) is 9.97 Å². The van der Waals surface area contributed by atoms with Crippen LogP contribution in [0.3, 0.4) is 0 Å². The minimum Gasteiger partial charge on any atom is -0.334 e. The third-order valence-corrected chi connectivity index (χ3v) is 6.78. The van der Waals surface area contributed by atoms with Crippen molar-refractivity contribution < 1.29 is 26.4 Å². The van der Waals surface area contributed by atoms with Gasteiger partial charge in [-0.05, 0) is 41.0 Å². The highest BCUT2D eigenvalue weighted by molar-refractivity contribution is 7.91. The molecule has 166 valence electrons. The van der Waals surface area contributed by atoms with Crippen molar-refractivity contribution in [2.45, 2.75) is 35.6 Å². The minimum absolute atomic E-state index is 0.162. The van der Waals surface area contributed by atoms with Crippen LogP contribution in [0, 0.1) is 0 Å². The topological polar surface area (TPSA) is 92.3 Å². The summed E-state index contributed by atoms with van der Waals surface area (Å²) in [6, 6.07) is 7.71. The Kier molecular flexibility index (Phi) is 5.59. The van der Waals surface area contributed by atoms with Crippen molar-refractivity contribution in [2.75, 3.05) is 0 Å². The van der Waals surface area contributed by atoms with E-state index >= 15 is 0 Å². The predicted octanol–water partition coefficient (Wildman–Crippen LogP) is 3.55. The number of benzene rings is 1. The number of urea groups is 1. The highest BCUT2D eigenvalue weighted by Gasteiger charge is 2.32. The van der Waals surface area contributed by atoms with Gasteiger partial charge in [0.15, 0.2) is 0 Å². The number of hydrogen-bond donors (Lipinski definition) is 1. The molecule has 3 heterocycles. The molecule has 0 spiro atoms. The number of sulfone groups is 1. The van der Waals surface area contributed by atoms with Crippen LogP contribution in [-0.4, -0.2) is 29.3 Å². The van der Waals surface area contributed by atoms with Crippen molar-refractivity contribution in [3.05, 3.63) is 83.4 Å². The predicted molar refractivity (Wildman–Crippen MR) is 107 cm³/mol. The van der Waals surface area contributed by atoms with E-state index in [0.29, 0.717) is 30.9 Å². The second-order valence-electron chi connectivity index (χ2n) is 7.21. The number of carbonyl (C=O) groups excluding carboxylic acids is 1. The van der Waals surface area contributed by atoms with Crippen LogP contribution < -0.4 is 5.32 Å². The maximum Gasteiger partial charge on any atom is 0.417 e. The summed E-state index contributed by atoms with van der Waals surface area (Å²) in [5.41, 5.74) is 1.52. The lowest BCUT2D eigenvalue weighted by Gasteiger charge is -2.16. The van der Waals surface area contributed by atoms with Gasteiger partial charge in [0.2, 0.25) is 9.84 Å². The first-order valence-corrected chi connectivity index (χ1v) is 10.9. The molecule has 7 nitrogen and oxygen atoms in total. The van der Waals surface area contributed by atoms with E-state index in [4.69, 9.17) is 0 Å². The molecular weight excluding hydrogens is 445 g/mol. The number of aromatic nitrogens is 2. The molecule has 4 rings (SSSR count). The maximum atomic E-state index is 12.9. The zero-order valence-electron chi connectivity index (χ0n) is 16.5. The van der Waals surface area contributed by atoms with Crippen LogP contribution >= 0.6 is 0 Å². The van der Waals surface area contributed by atoms with Crippen LogP contribution in [0.5, 0.6) is 0 Å². The molecule has 0 saturated heterocycles. The molecular formula is C21H17F3N4O3S. The Bertz CT molecular complexity index is 1240. The molecule has 3 aromatic rings. The highest BCUT2D eigenvalue weighted by Crippen LogP contribution is 2.31. The molecule has 0 atom stereocenters. The van der Waals surface area contributed by atoms with Crippen LogP contribution in [0.2, 0.25) is 0 Å². The lowest BCUT2D eigenvalue weighted by atomic mass is 10.2. The number of nitrogens with zero attached hydrogens (tertiary/aromatic N) is 3. The molecule has 11 heteroatoms. The summed E-state index contributed by atoms with van der Waals surface area (Å²) >= 11 is 0. The summed E-state index contributed by atoms with van der Waals surface area (Å²) in [5, 5.41) is 2.77. The van der Waals surface area contributed by atoms with E-state index in [0.717, 1.165) is 17.3 Å². The van der Waals surface area contributed by atoms with Gasteiger partial charge >= 0.3 is 12.2 Å². The molecule has 0 saturated carbocycles. The first-order valence-electron chi connectivity index (χ1n) is 9.45. The largest absolute Gasteiger partial charge is 0.417 e. The number of nitrogens with one attached hydrogen (secondary N) is 1. The molecule has 1 aliphatic rings. The van der Waals surface area contributed by atoms with E-state index < -0.39 is 26.5 Å². The minimum atomic E-state index is -4.70. The molecule has 1 aliphatic heterocycles. The smallest absolute Gasteiger partial charge is 0.334 e. The van der Waals surface area contributed by atoms with Gasteiger partial charge in [-0.15, -0.1) is 0 Å². The summed E-state index contributed by atoms with van der Waals surface area (Å²) < 4.78 is 64.0. The normalized spacial score (nSPS) is 13.7. The number of amides is 2. The van der Waals surface area contributed by atoms with Crippen LogP contribution in [0.25, 0.3) is 0 Å². The van der Waals surface area contributed by atoms with Gasteiger partial charge in [-0.1, -0.05) is 12.1 Å². The van der Waals surface area contributed by atoms with Gasteiger partial charge in [0.25, 0.3) is 0 Å². The maximum absolute atomic E-state index is 12.9. The van der Waals surface area contributed by atoms with Crippen LogP contribution in [0.15, 0.2) is 71.0 Å². The molecule has 0 fully saturated rings. The summed E-state index contributed by atoms with van der Waals surface area (Å²) in [4.78, 5) is 20.8. The quantitative estimate of drug-likeness (QED) is 0.640. The second kappa shape index (κ2) is 8.23. The number of rotatable bonds is 4. The van der Waals surface area contributed by atoms with Crippen LogP contribution in [0.1, 0.15) is 22.3 Å². The van der Waals surface area contributed by atoms with Gasteiger partial charge in [0, 0.05) is 44.4 Å². The summed E-state index contributed by atoms with van der Waals surface area (Å²) in [7, 11) is -4.18. The fourth-order valence-corrected chi connectivity index (χ4v) is 4.54. The molecule has 2 aromatic heterocycles.